The summed E-state index contributed by atoms with van der Waals surface area (Å²) >= 11 is 0. The number of hydrogen-bond donors (Lipinski definition) is 2. The molecule has 0 rings (SSSR count). The van der Waals surface area contributed by atoms with Gasteiger partial charge in [0.2, 0.25) is 5.91 Å². The van der Waals surface area contributed by atoms with Gasteiger partial charge < -0.3 is 15.8 Å². The molecule has 0 bridgehead atoms. The largest absolute Gasteiger partial charge is 0.444 e. The first-order valence-corrected chi connectivity index (χ1v) is 4.01. The van der Waals surface area contributed by atoms with Gasteiger partial charge in [0, 0.05) is 0 Å². The van der Waals surface area contributed by atoms with E-state index in [1.165, 1.54) is 6.92 Å². The van der Waals surface area contributed by atoms with Gasteiger partial charge in [-0.05, 0) is 27.7 Å². The maximum atomic E-state index is 11.0. The molecule has 0 aliphatic rings. The molecule has 6 heteroatoms. The first kappa shape index (κ1) is 15.5. The number of halogens is 1. The van der Waals surface area contributed by atoms with E-state index in [-0.39, 0.29) is 12.4 Å². The minimum absolute atomic E-state index is 0. The molecule has 0 heterocycles. The van der Waals surface area contributed by atoms with E-state index in [4.69, 9.17) is 10.5 Å². The van der Waals surface area contributed by atoms with Gasteiger partial charge in [-0.25, -0.2) is 4.79 Å². The minimum atomic E-state index is -0.713. The molecule has 84 valence electrons. The van der Waals surface area contributed by atoms with Crippen LogP contribution in [0.2, 0.25) is 0 Å². The predicted octanol–water partition coefficient (Wildman–Crippen LogP) is 0.807. The Morgan fingerprint density at radius 1 is 1.36 bits per heavy atom. The Kier molecular flexibility index (Phi) is 6.31. The lowest BCUT2D eigenvalue weighted by molar-refractivity contribution is -0.119. The van der Waals surface area contributed by atoms with E-state index in [9.17, 15) is 9.59 Å². The molecule has 1 atom stereocenters. The molecule has 0 saturated carbocycles. The number of carbonyl (C=O) groups excluding carboxylic acids is 2. The standard InChI is InChI=1S/C8H16N2O3.ClH/c1-5(6(9)11)10-7(12)13-8(2,3)4;/h5H,1-4H3,(H2,9,11)(H,10,12);1H/t5-;/m0./s1. The van der Waals surface area contributed by atoms with E-state index in [0.717, 1.165) is 0 Å². The quantitative estimate of drug-likeness (QED) is 0.728. The number of alkyl carbamates (subject to hydrolysis) is 1. The van der Waals surface area contributed by atoms with Crippen molar-refractivity contribution in [2.45, 2.75) is 39.3 Å². The summed E-state index contributed by atoms with van der Waals surface area (Å²) in [6, 6.07) is -0.713. The van der Waals surface area contributed by atoms with E-state index < -0.39 is 23.6 Å². The lowest BCUT2D eigenvalue weighted by atomic mass is 10.2. The van der Waals surface area contributed by atoms with Crippen molar-refractivity contribution < 1.29 is 14.3 Å². The summed E-state index contributed by atoms with van der Waals surface area (Å²) in [6.07, 6.45) is -0.640. The molecule has 0 aromatic rings. The first-order valence-electron chi connectivity index (χ1n) is 4.01. The molecule has 0 aliphatic heterocycles. The lowest BCUT2D eigenvalue weighted by Gasteiger charge is -2.20. The summed E-state index contributed by atoms with van der Waals surface area (Å²) < 4.78 is 4.90. The van der Waals surface area contributed by atoms with Gasteiger partial charge in [0.1, 0.15) is 11.6 Å². The predicted molar refractivity (Wildman–Crippen MR) is 55.3 cm³/mol. The number of carbonyl (C=O) groups is 2. The molecule has 0 aliphatic carbocycles. The molecule has 0 fully saturated rings. The van der Waals surface area contributed by atoms with E-state index in [0.29, 0.717) is 0 Å². The van der Waals surface area contributed by atoms with Crippen LogP contribution in [0.1, 0.15) is 27.7 Å². The highest BCUT2D eigenvalue weighted by Crippen LogP contribution is 2.06. The average molecular weight is 225 g/mol. The molecule has 0 radical (unpaired) electrons. The van der Waals surface area contributed by atoms with Crippen molar-refractivity contribution in [2.75, 3.05) is 0 Å². The monoisotopic (exact) mass is 224 g/mol. The Morgan fingerprint density at radius 2 is 1.79 bits per heavy atom. The third-order valence-corrected chi connectivity index (χ3v) is 1.16. The molecule has 3 N–H and O–H groups in total. The number of rotatable bonds is 2. The molecular weight excluding hydrogens is 208 g/mol. The maximum Gasteiger partial charge on any atom is 0.408 e. The molecule has 0 unspecified atom stereocenters. The normalized spacial score (nSPS) is 12.3. The molecule has 0 aromatic carbocycles. The average Bonchev–Trinajstić information content (AvgIpc) is 1.81. The molecule has 0 spiro atoms. The SMILES string of the molecule is C[C@H](NC(=O)OC(C)(C)C)C(N)=O.Cl. The smallest absolute Gasteiger partial charge is 0.408 e. The Balaban J connectivity index is 0. The number of primary amides is 1. The first-order chi connectivity index (χ1) is 5.72. The highest BCUT2D eigenvalue weighted by Gasteiger charge is 2.19. The van der Waals surface area contributed by atoms with E-state index in [1.807, 2.05) is 0 Å². The zero-order chi connectivity index (χ0) is 10.6. The zero-order valence-corrected chi connectivity index (χ0v) is 9.60. The summed E-state index contributed by atoms with van der Waals surface area (Å²) in [7, 11) is 0. The van der Waals surface area contributed by atoms with Crippen LogP contribution in [0.25, 0.3) is 0 Å². The number of nitrogens with two attached hydrogens (primary N) is 1. The van der Waals surface area contributed by atoms with Gasteiger partial charge in [-0.1, -0.05) is 0 Å². The topological polar surface area (TPSA) is 81.4 Å². The highest BCUT2D eigenvalue weighted by atomic mass is 35.5. The number of nitrogens with one attached hydrogen (secondary N) is 1. The van der Waals surface area contributed by atoms with Crippen LogP contribution in [0.15, 0.2) is 0 Å². The van der Waals surface area contributed by atoms with Crippen LogP contribution >= 0.6 is 12.4 Å². The number of hydrogen-bond acceptors (Lipinski definition) is 3. The fraction of sp³-hybridized carbons (Fsp3) is 0.750. The molecule has 14 heavy (non-hydrogen) atoms. The highest BCUT2D eigenvalue weighted by molar-refractivity contribution is 5.85. The fourth-order valence-electron chi connectivity index (χ4n) is 0.555. The van der Waals surface area contributed by atoms with E-state index >= 15 is 0 Å². The van der Waals surface area contributed by atoms with Crippen LogP contribution in [0, 0.1) is 0 Å². The van der Waals surface area contributed by atoms with Crippen molar-refractivity contribution in [2.24, 2.45) is 5.73 Å². The van der Waals surface area contributed by atoms with Crippen molar-refractivity contribution in [3.63, 3.8) is 0 Å². The van der Waals surface area contributed by atoms with Gasteiger partial charge in [-0.2, -0.15) is 0 Å². The number of amides is 2. The Labute approximate surface area is 89.8 Å². The maximum absolute atomic E-state index is 11.0. The fourth-order valence-corrected chi connectivity index (χ4v) is 0.555. The molecule has 5 nitrogen and oxygen atoms in total. The van der Waals surface area contributed by atoms with Crippen molar-refractivity contribution >= 4 is 24.4 Å². The summed E-state index contributed by atoms with van der Waals surface area (Å²) in [6.45, 7) is 6.71. The van der Waals surface area contributed by atoms with Crippen LogP contribution < -0.4 is 11.1 Å². The summed E-state index contributed by atoms with van der Waals surface area (Å²) in [5.41, 5.74) is 4.37. The Morgan fingerprint density at radius 3 is 2.07 bits per heavy atom. The summed E-state index contributed by atoms with van der Waals surface area (Å²) in [5.74, 6) is -0.592. The lowest BCUT2D eigenvalue weighted by Crippen LogP contribution is -2.44. The summed E-state index contributed by atoms with van der Waals surface area (Å²) in [5, 5.41) is 2.30. The van der Waals surface area contributed by atoms with Crippen molar-refractivity contribution in [1.29, 1.82) is 0 Å². The number of ether oxygens (including phenoxy) is 1. The van der Waals surface area contributed by atoms with Crippen molar-refractivity contribution in [3.8, 4) is 0 Å². The zero-order valence-electron chi connectivity index (χ0n) is 8.79. The van der Waals surface area contributed by atoms with Gasteiger partial charge in [-0.15, -0.1) is 12.4 Å². The van der Waals surface area contributed by atoms with E-state index in [1.54, 1.807) is 20.8 Å². The second kappa shape index (κ2) is 5.70. The molecule has 2 amide bonds. The third kappa shape index (κ3) is 7.67. The van der Waals surface area contributed by atoms with E-state index in [2.05, 4.69) is 5.32 Å². The van der Waals surface area contributed by atoms with Crippen LogP contribution in [0.5, 0.6) is 0 Å². The third-order valence-electron chi connectivity index (χ3n) is 1.16. The Bertz CT molecular complexity index is 213. The Hall–Kier alpha value is -0.970. The van der Waals surface area contributed by atoms with Crippen LogP contribution in [0.3, 0.4) is 0 Å². The van der Waals surface area contributed by atoms with Gasteiger partial charge in [0.25, 0.3) is 0 Å². The molecular formula is C8H17ClN2O3. The van der Waals surface area contributed by atoms with Crippen LogP contribution in [-0.4, -0.2) is 23.6 Å². The molecule has 0 aromatic heterocycles. The van der Waals surface area contributed by atoms with Gasteiger partial charge in [0.05, 0.1) is 0 Å². The minimum Gasteiger partial charge on any atom is -0.444 e. The van der Waals surface area contributed by atoms with Crippen molar-refractivity contribution in [1.82, 2.24) is 5.32 Å². The second-order valence-electron chi connectivity index (χ2n) is 3.77. The second-order valence-corrected chi connectivity index (χ2v) is 3.77. The molecule has 0 saturated heterocycles. The summed E-state index contributed by atoms with van der Waals surface area (Å²) in [4.78, 5) is 21.6. The van der Waals surface area contributed by atoms with Gasteiger partial charge in [-0.3, -0.25) is 4.79 Å². The van der Waals surface area contributed by atoms with Gasteiger partial charge in [0.15, 0.2) is 0 Å². The van der Waals surface area contributed by atoms with Crippen LogP contribution in [-0.2, 0) is 9.53 Å². The van der Waals surface area contributed by atoms with Crippen molar-refractivity contribution in [3.05, 3.63) is 0 Å². The van der Waals surface area contributed by atoms with Gasteiger partial charge >= 0.3 is 6.09 Å². The van der Waals surface area contributed by atoms with Crippen LogP contribution in [0.4, 0.5) is 4.79 Å².